The Morgan fingerprint density at radius 3 is 2.50 bits per heavy atom. The molecule has 0 radical (unpaired) electrons. The van der Waals surface area contributed by atoms with E-state index in [1.807, 2.05) is 38.1 Å². The molecule has 0 amide bonds. The third kappa shape index (κ3) is 3.93. The standard InChI is InChI=1S/C20H25N3O/c1-14-10-19(17(11-21)15(2)23-14)22-12-18(20(3,4)13-24)16-8-6-5-7-9-16/h5-10,18,24H,12-13H2,1-4H3,(H,22,23). The highest BCUT2D eigenvalue weighted by atomic mass is 16.3. The fraction of sp³-hybridized carbons (Fsp3) is 0.400. The summed E-state index contributed by atoms with van der Waals surface area (Å²) in [5.74, 6) is 0.115. The maximum absolute atomic E-state index is 9.82. The summed E-state index contributed by atoms with van der Waals surface area (Å²) in [5, 5.41) is 22.6. The number of nitrogens with zero attached hydrogens (tertiary/aromatic N) is 2. The van der Waals surface area contributed by atoms with Gasteiger partial charge in [-0.25, -0.2) is 0 Å². The van der Waals surface area contributed by atoms with Crippen LogP contribution in [0.4, 0.5) is 5.69 Å². The normalized spacial score (nSPS) is 12.5. The number of aryl methyl sites for hydroxylation is 2. The topological polar surface area (TPSA) is 68.9 Å². The number of hydrogen-bond acceptors (Lipinski definition) is 4. The number of aliphatic hydroxyl groups excluding tert-OH is 1. The number of hydrogen-bond donors (Lipinski definition) is 2. The highest BCUT2D eigenvalue weighted by Crippen LogP contribution is 2.35. The van der Waals surface area contributed by atoms with Crippen LogP contribution in [-0.2, 0) is 0 Å². The first kappa shape index (κ1) is 18.0. The number of anilines is 1. The Balaban J connectivity index is 2.32. The largest absolute Gasteiger partial charge is 0.396 e. The molecule has 4 heteroatoms. The van der Waals surface area contributed by atoms with Gasteiger partial charge in [0.1, 0.15) is 6.07 Å². The van der Waals surface area contributed by atoms with Crippen LogP contribution in [-0.4, -0.2) is 23.2 Å². The average molecular weight is 323 g/mol. The molecule has 1 aromatic carbocycles. The summed E-state index contributed by atoms with van der Waals surface area (Å²) in [4.78, 5) is 4.35. The molecular weight excluding hydrogens is 298 g/mol. The van der Waals surface area contributed by atoms with Gasteiger partial charge in [-0.05, 0) is 30.9 Å². The summed E-state index contributed by atoms with van der Waals surface area (Å²) >= 11 is 0. The monoisotopic (exact) mass is 323 g/mol. The number of aliphatic hydroxyl groups is 1. The van der Waals surface area contributed by atoms with Gasteiger partial charge in [-0.1, -0.05) is 44.2 Å². The first-order valence-corrected chi connectivity index (χ1v) is 8.17. The zero-order chi connectivity index (χ0) is 17.7. The van der Waals surface area contributed by atoms with Crippen LogP contribution in [0, 0.1) is 30.6 Å². The molecule has 2 rings (SSSR count). The second kappa shape index (κ2) is 7.46. The van der Waals surface area contributed by atoms with Gasteiger partial charge in [0.05, 0.1) is 16.9 Å². The van der Waals surface area contributed by atoms with Crippen molar-refractivity contribution < 1.29 is 5.11 Å². The molecular formula is C20H25N3O. The van der Waals surface area contributed by atoms with Crippen molar-refractivity contribution in [3.63, 3.8) is 0 Å². The fourth-order valence-corrected chi connectivity index (χ4v) is 2.96. The molecule has 1 unspecified atom stereocenters. The van der Waals surface area contributed by atoms with Crippen LogP contribution in [0.2, 0.25) is 0 Å². The average Bonchev–Trinajstić information content (AvgIpc) is 2.55. The van der Waals surface area contributed by atoms with E-state index < -0.39 is 0 Å². The van der Waals surface area contributed by atoms with Crippen molar-refractivity contribution in [3.05, 3.63) is 58.9 Å². The van der Waals surface area contributed by atoms with Crippen LogP contribution in [0.5, 0.6) is 0 Å². The molecule has 1 aromatic heterocycles. The van der Waals surface area contributed by atoms with Crippen LogP contribution in [0.25, 0.3) is 0 Å². The highest BCUT2D eigenvalue weighted by molar-refractivity contribution is 5.60. The Morgan fingerprint density at radius 2 is 1.92 bits per heavy atom. The molecule has 0 aliphatic heterocycles. The number of rotatable bonds is 6. The van der Waals surface area contributed by atoms with Crippen molar-refractivity contribution in [2.75, 3.05) is 18.5 Å². The number of pyridine rings is 1. The Hall–Kier alpha value is -2.38. The zero-order valence-corrected chi connectivity index (χ0v) is 14.8. The minimum Gasteiger partial charge on any atom is -0.396 e. The Labute approximate surface area is 144 Å². The maximum atomic E-state index is 9.82. The van der Waals surface area contributed by atoms with Crippen LogP contribution >= 0.6 is 0 Å². The van der Waals surface area contributed by atoms with E-state index in [4.69, 9.17) is 0 Å². The minimum absolute atomic E-state index is 0.0910. The van der Waals surface area contributed by atoms with Crippen molar-refractivity contribution >= 4 is 5.69 Å². The SMILES string of the molecule is Cc1cc(NCC(c2ccccc2)C(C)(C)CO)c(C#N)c(C)n1. The van der Waals surface area contributed by atoms with Gasteiger partial charge in [0, 0.05) is 24.8 Å². The summed E-state index contributed by atoms with van der Waals surface area (Å²) in [5.41, 5.74) is 3.89. The van der Waals surface area contributed by atoms with Gasteiger partial charge >= 0.3 is 0 Å². The lowest BCUT2D eigenvalue weighted by atomic mass is 9.75. The molecule has 0 spiro atoms. The molecule has 24 heavy (non-hydrogen) atoms. The van der Waals surface area contributed by atoms with Gasteiger partial charge in [-0.15, -0.1) is 0 Å². The number of aromatic nitrogens is 1. The predicted molar refractivity (Wildman–Crippen MR) is 97.0 cm³/mol. The minimum atomic E-state index is -0.279. The molecule has 1 heterocycles. The maximum Gasteiger partial charge on any atom is 0.103 e. The van der Waals surface area contributed by atoms with Crippen LogP contribution < -0.4 is 5.32 Å². The van der Waals surface area contributed by atoms with E-state index in [0.717, 1.165) is 17.1 Å². The van der Waals surface area contributed by atoms with Crippen LogP contribution in [0.3, 0.4) is 0 Å². The summed E-state index contributed by atoms with van der Waals surface area (Å²) in [6.45, 7) is 8.61. The highest BCUT2D eigenvalue weighted by Gasteiger charge is 2.30. The van der Waals surface area contributed by atoms with Crippen molar-refractivity contribution in [1.82, 2.24) is 4.98 Å². The van der Waals surface area contributed by atoms with Crippen LogP contribution in [0.1, 0.15) is 42.3 Å². The third-order valence-corrected chi connectivity index (χ3v) is 4.49. The summed E-state index contributed by atoms with van der Waals surface area (Å²) in [6, 6.07) is 14.3. The molecule has 0 saturated heterocycles. The lowest BCUT2D eigenvalue weighted by Gasteiger charge is -2.33. The van der Waals surface area contributed by atoms with Gasteiger partial charge in [0.25, 0.3) is 0 Å². The second-order valence-electron chi connectivity index (χ2n) is 6.87. The molecule has 126 valence electrons. The predicted octanol–water partition coefficient (Wildman–Crippen LogP) is 3.78. The van der Waals surface area contributed by atoms with Gasteiger partial charge in [0.15, 0.2) is 0 Å². The molecule has 0 bridgehead atoms. The molecule has 4 nitrogen and oxygen atoms in total. The van der Waals surface area contributed by atoms with Crippen molar-refractivity contribution in [2.24, 2.45) is 5.41 Å². The van der Waals surface area contributed by atoms with E-state index in [-0.39, 0.29) is 17.9 Å². The molecule has 0 fully saturated rings. The van der Waals surface area contributed by atoms with Gasteiger partial charge in [-0.2, -0.15) is 5.26 Å². The first-order valence-electron chi connectivity index (χ1n) is 8.17. The van der Waals surface area contributed by atoms with Crippen LogP contribution in [0.15, 0.2) is 36.4 Å². The van der Waals surface area contributed by atoms with Gasteiger partial charge in [0.2, 0.25) is 0 Å². The molecule has 2 aromatic rings. The Morgan fingerprint density at radius 1 is 1.25 bits per heavy atom. The zero-order valence-electron chi connectivity index (χ0n) is 14.8. The van der Waals surface area contributed by atoms with E-state index in [0.29, 0.717) is 12.1 Å². The van der Waals surface area contributed by atoms with Crippen molar-refractivity contribution in [2.45, 2.75) is 33.6 Å². The van der Waals surface area contributed by atoms with Gasteiger partial charge < -0.3 is 10.4 Å². The lowest BCUT2D eigenvalue weighted by Crippen LogP contribution is -2.31. The molecule has 2 N–H and O–H groups in total. The Bertz CT molecular complexity index is 733. The Kier molecular flexibility index (Phi) is 5.58. The van der Waals surface area contributed by atoms with E-state index in [9.17, 15) is 10.4 Å². The number of nitriles is 1. The van der Waals surface area contributed by atoms with E-state index in [2.05, 4.69) is 42.4 Å². The fourth-order valence-electron chi connectivity index (χ4n) is 2.96. The molecule has 1 atom stereocenters. The van der Waals surface area contributed by atoms with Gasteiger partial charge in [-0.3, -0.25) is 4.98 Å². The van der Waals surface area contributed by atoms with E-state index in [1.165, 1.54) is 5.56 Å². The smallest absolute Gasteiger partial charge is 0.103 e. The molecule has 0 aliphatic rings. The van der Waals surface area contributed by atoms with E-state index in [1.54, 1.807) is 0 Å². The molecule has 0 aliphatic carbocycles. The van der Waals surface area contributed by atoms with Crippen molar-refractivity contribution in [3.8, 4) is 6.07 Å². The molecule has 0 saturated carbocycles. The number of benzene rings is 1. The summed E-state index contributed by atoms with van der Waals surface area (Å²) in [6.07, 6.45) is 0. The third-order valence-electron chi connectivity index (χ3n) is 4.49. The second-order valence-corrected chi connectivity index (χ2v) is 6.87. The van der Waals surface area contributed by atoms with E-state index >= 15 is 0 Å². The number of nitrogens with one attached hydrogen (secondary N) is 1. The first-order chi connectivity index (χ1) is 11.4. The van der Waals surface area contributed by atoms with Crippen molar-refractivity contribution in [1.29, 1.82) is 5.26 Å². The summed E-state index contributed by atoms with van der Waals surface area (Å²) in [7, 11) is 0. The summed E-state index contributed by atoms with van der Waals surface area (Å²) < 4.78 is 0. The lowest BCUT2D eigenvalue weighted by molar-refractivity contribution is 0.134. The quantitative estimate of drug-likeness (QED) is 0.849.